The zero-order chi connectivity index (χ0) is 18.1. The number of nitrogens with one attached hydrogen (secondary N) is 1. The second-order valence-corrected chi connectivity index (χ2v) is 5.74. The molecule has 0 spiro atoms. The topological polar surface area (TPSA) is 106 Å². The smallest absolute Gasteiger partial charge is 0.375 e. The summed E-state index contributed by atoms with van der Waals surface area (Å²) in [6.45, 7) is 3.76. The van der Waals surface area contributed by atoms with Crippen LogP contribution in [0.15, 0.2) is 33.5 Å². The van der Waals surface area contributed by atoms with E-state index in [4.69, 9.17) is 9.15 Å². The van der Waals surface area contributed by atoms with Crippen LogP contribution in [0.25, 0.3) is 11.0 Å². The van der Waals surface area contributed by atoms with Crippen molar-refractivity contribution in [2.24, 2.45) is 0 Å². The minimum atomic E-state index is -1.18. The number of rotatable bonds is 3. The summed E-state index contributed by atoms with van der Waals surface area (Å²) in [6.07, 6.45) is -1.18. The predicted molar refractivity (Wildman–Crippen MR) is 87.2 cm³/mol. The van der Waals surface area contributed by atoms with Crippen molar-refractivity contribution in [1.29, 1.82) is 0 Å². The van der Waals surface area contributed by atoms with Crippen LogP contribution in [0.1, 0.15) is 23.0 Å². The van der Waals surface area contributed by atoms with E-state index in [1.807, 2.05) is 6.92 Å². The van der Waals surface area contributed by atoms with Gasteiger partial charge >= 0.3 is 12.0 Å². The molecule has 1 atom stereocenters. The number of carbonyl (C=O) groups excluding carboxylic acids is 3. The van der Waals surface area contributed by atoms with Crippen molar-refractivity contribution in [3.8, 4) is 0 Å². The number of benzene rings is 1. The summed E-state index contributed by atoms with van der Waals surface area (Å²) in [5, 5.41) is 2.84. The van der Waals surface area contributed by atoms with Crippen LogP contribution in [-0.4, -0.2) is 42.0 Å². The number of fused-ring (bicyclic) bond motifs is 1. The lowest BCUT2D eigenvalue weighted by molar-refractivity contribution is -0.136. The van der Waals surface area contributed by atoms with Gasteiger partial charge in [-0.15, -0.1) is 0 Å². The fourth-order valence-corrected chi connectivity index (χ4v) is 2.54. The van der Waals surface area contributed by atoms with E-state index in [9.17, 15) is 19.2 Å². The molecule has 8 heteroatoms. The molecule has 1 aromatic heterocycles. The fourth-order valence-electron chi connectivity index (χ4n) is 2.54. The number of imide groups is 1. The predicted octanol–water partition coefficient (Wildman–Crippen LogP) is 1.20. The van der Waals surface area contributed by atoms with Gasteiger partial charge in [-0.25, -0.2) is 9.59 Å². The van der Waals surface area contributed by atoms with E-state index >= 15 is 0 Å². The second kappa shape index (κ2) is 6.39. The normalized spacial score (nSPS) is 15.1. The molecule has 0 aliphatic carbocycles. The van der Waals surface area contributed by atoms with Crippen molar-refractivity contribution in [3.05, 3.63) is 45.8 Å². The van der Waals surface area contributed by atoms with Crippen LogP contribution < -0.4 is 10.7 Å². The Balaban J connectivity index is 1.80. The summed E-state index contributed by atoms with van der Waals surface area (Å²) in [4.78, 5) is 48.9. The molecule has 0 bridgehead atoms. The summed E-state index contributed by atoms with van der Waals surface area (Å²) in [5.74, 6) is -1.88. The first kappa shape index (κ1) is 16.7. The lowest BCUT2D eigenvalue weighted by atomic mass is 10.1. The first-order valence-corrected chi connectivity index (χ1v) is 7.71. The molecule has 3 amide bonds. The van der Waals surface area contributed by atoms with E-state index in [0.29, 0.717) is 11.9 Å². The third kappa shape index (κ3) is 3.23. The van der Waals surface area contributed by atoms with Gasteiger partial charge in [-0.05, 0) is 26.0 Å². The van der Waals surface area contributed by atoms with Gasteiger partial charge in [0.1, 0.15) is 5.58 Å². The second-order valence-electron chi connectivity index (χ2n) is 5.74. The molecule has 25 heavy (non-hydrogen) atoms. The highest BCUT2D eigenvalue weighted by molar-refractivity contribution is 5.99. The van der Waals surface area contributed by atoms with Crippen molar-refractivity contribution in [2.75, 3.05) is 13.1 Å². The Morgan fingerprint density at radius 1 is 1.28 bits per heavy atom. The van der Waals surface area contributed by atoms with Crippen LogP contribution in [0.2, 0.25) is 0 Å². The summed E-state index contributed by atoms with van der Waals surface area (Å²) in [7, 11) is 0. The molecule has 1 saturated heterocycles. The van der Waals surface area contributed by atoms with Crippen LogP contribution >= 0.6 is 0 Å². The largest absolute Gasteiger partial charge is 0.449 e. The van der Waals surface area contributed by atoms with Gasteiger partial charge in [-0.3, -0.25) is 14.5 Å². The van der Waals surface area contributed by atoms with Gasteiger partial charge in [0, 0.05) is 19.2 Å². The van der Waals surface area contributed by atoms with Crippen LogP contribution in [0, 0.1) is 6.92 Å². The third-order valence-electron chi connectivity index (χ3n) is 3.84. The van der Waals surface area contributed by atoms with E-state index in [0.717, 1.165) is 16.5 Å². The molecule has 1 fully saturated rings. The number of aryl methyl sites for hydroxylation is 1. The zero-order valence-corrected chi connectivity index (χ0v) is 13.7. The van der Waals surface area contributed by atoms with Gasteiger partial charge in [-0.2, -0.15) is 0 Å². The van der Waals surface area contributed by atoms with Gasteiger partial charge in [0.2, 0.25) is 5.76 Å². The number of nitrogens with zero attached hydrogens (tertiary/aromatic N) is 1. The highest BCUT2D eigenvalue weighted by atomic mass is 16.6. The molecular weight excluding hydrogens is 328 g/mol. The number of urea groups is 1. The van der Waals surface area contributed by atoms with Crippen molar-refractivity contribution >= 4 is 28.9 Å². The summed E-state index contributed by atoms with van der Waals surface area (Å²) < 4.78 is 10.5. The maximum Gasteiger partial charge on any atom is 0.375 e. The van der Waals surface area contributed by atoms with E-state index in [-0.39, 0.29) is 23.3 Å². The molecule has 8 nitrogen and oxygen atoms in total. The monoisotopic (exact) mass is 344 g/mol. The van der Waals surface area contributed by atoms with Crippen LogP contribution in [-0.2, 0) is 9.53 Å². The Bertz CT molecular complexity index is 932. The molecule has 1 aliphatic heterocycles. The lowest BCUT2D eigenvalue weighted by Gasteiger charge is -2.17. The summed E-state index contributed by atoms with van der Waals surface area (Å²) in [5.41, 5.74) is 0.760. The molecule has 0 saturated carbocycles. The van der Waals surface area contributed by atoms with E-state index in [2.05, 4.69) is 5.32 Å². The molecular formula is C17H16N2O6. The van der Waals surface area contributed by atoms with Gasteiger partial charge < -0.3 is 14.5 Å². The van der Waals surface area contributed by atoms with Crippen LogP contribution in [0.5, 0.6) is 0 Å². The number of hydrogen-bond acceptors (Lipinski definition) is 6. The highest BCUT2D eigenvalue weighted by Crippen LogP contribution is 2.15. The fraction of sp³-hybridized carbons (Fsp3) is 0.294. The Morgan fingerprint density at radius 2 is 2.04 bits per heavy atom. The SMILES string of the molecule is Cc1ccc2oc(C(=O)O[C@H](C)C(=O)N3CCNC3=O)cc(=O)c2c1. The number of hydrogen-bond donors (Lipinski definition) is 1. The Kier molecular flexibility index (Phi) is 4.26. The van der Waals surface area contributed by atoms with E-state index < -0.39 is 24.0 Å². The molecule has 2 aromatic rings. The Labute approximate surface area is 142 Å². The zero-order valence-electron chi connectivity index (χ0n) is 13.7. The summed E-state index contributed by atoms with van der Waals surface area (Å²) in [6, 6.07) is 5.50. The molecule has 3 rings (SSSR count). The minimum Gasteiger partial charge on any atom is -0.449 e. The molecule has 1 aliphatic rings. The van der Waals surface area contributed by atoms with Crippen molar-refractivity contribution in [1.82, 2.24) is 10.2 Å². The summed E-state index contributed by atoms with van der Waals surface area (Å²) >= 11 is 0. The maximum absolute atomic E-state index is 12.2. The van der Waals surface area contributed by atoms with E-state index in [1.165, 1.54) is 6.92 Å². The maximum atomic E-state index is 12.2. The number of carbonyl (C=O) groups is 3. The number of ether oxygens (including phenoxy) is 1. The Hall–Kier alpha value is -3.16. The number of esters is 1. The number of amides is 3. The lowest BCUT2D eigenvalue weighted by Crippen LogP contribution is -2.41. The quantitative estimate of drug-likeness (QED) is 0.839. The van der Waals surface area contributed by atoms with E-state index in [1.54, 1.807) is 18.2 Å². The van der Waals surface area contributed by atoms with Crippen molar-refractivity contribution in [2.45, 2.75) is 20.0 Å². The standard InChI is InChI=1S/C17H16N2O6/c1-9-3-4-13-11(7-9)12(20)8-14(25-13)16(22)24-10(2)15(21)19-6-5-18-17(19)23/h3-4,7-8,10H,5-6H2,1-2H3,(H,18,23)/t10-/m1/s1. The molecule has 1 N–H and O–H groups in total. The molecule has 1 aromatic carbocycles. The van der Waals surface area contributed by atoms with Gasteiger partial charge in [0.25, 0.3) is 5.91 Å². The Morgan fingerprint density at radius 3 is 2.72 bits per heavy atom. The molecule has 0 radical (unpaired) electrons. The van der Waals surface area contributed by atoms with Gasteiger partial charge in [-0.1, -0.05) is 11.6 Å². The van der Waals surface area contributed by atoms with Gasteiger partial charge in [0.15, 0.2) is 11.5 Å². The average Bonchev–Trinajstić information content (AvgIpc) is 3.00. The first-order chi connectivity index (χ1) is 11.9. The van der Waals surface area contributed by atoms with Gasteiger partial charge in [0.05, 0.1) is 5.39 Å². The van der Waals surface area contributed by atoms with Crippen molar-refractivity contribution in [3.63, 3.8) is 0 Å². The third-order valence-corrected chi connectivity index (χ3v) is 3.84. The van der Waals surface area contributed by atoms with Crippen LogP contribution in [0.4, 0.5) is 4.79 Å². The first-order valence-electron chi connectivity index (χ1n) is 7.71. The van der Waals surface area contributed by atoms with Crippen molar-refractivity contribution < 1.29 is 23.5 Å². The minimum absolute atomic E-state index is 0.212. The molecule has 130 valence electrons. The van der Waals surface area contributed by atoms with Crippen LogP contribution in [0.3, 0.4) is 0 Å². The average molecular weight is 344 g/mol. The highest BCUT2D eigenvalue weighted by Gasteiger charge is 2.32. The molecule has 0 unspecified atom stereocenters. The molecule has 2 heterocycles.